The fraction of sp³-hybridized carbons (Fsp3) is 0.909. The van der Waals surface area contributed by atoms with Crippen molar-refractivity contribution in [2.75, 3.05) is 19.6 Å². The predicted octanol–water partition coefficient (Wildman–Crippen LogP) is 0.324. The van der Waals surface area contributed by atoms with E-state index in [1.807, 2.05) is 0 Å². The Balaban J connectivity index is 2.22. The fourth-order valence-electron chi connectivity index (χ4n) is 1.99. The highest BCUT2D eigenvalue weighted by molar-refractivity contribution is 5.76. The van der Waals surface area contributed by atoms with Crippen LogP contribution in [-0.2, 0) is 4.79 Å². The second-order valence-electron chi connectivity index (χ2n) is 4.51. The first-order valence-electron chi connectivity index (χ1n) is 5.87. The molecule has 4 nitrogen and oxygen atoms in total. The van der Waals surface area contributed by atoms with Crippen molar-refractivity contribution in [3.8, 4) is 0 Å². The van der Waals surface area contributed by atoms with Gasteiger partial charge < -0.3 is 16.0 Å². The quantitative estimate of drug-likeness (QED) is 0.707. The van der Waals surface area contributed by atoms with E-state index in [4.69, 9.17) is 5.73 Å². The second kappa shape index (κ2) is 6.08. The molecule has 0 saturated carbocycles. The maximum atomic E-state index is 11.3. The lowest BCUT2D eigenvalue weighted by Crippen LogP contribution is -2.46. The maximum Gasteiger partial charge on any atom is 0.221 e. The van der Waals surface area contributed by atoms with Crippen LogP contribution in [0.3, 0.4) is 0 Å². The van der Waals surface area contributed by atoms with Gasteiger partial charge in [-0.15, -0.1) is 0 Å². The van der Waals surface area contributed by atoms with Gasteiger partial charge in [0.05, 0.1) is 0 Å². The van der Waals surface area contributed by atoms with E-state index in [-0.39, 0.29) is 5.91 Å². The van der Waals surface area contributed by atoms with Crippen LogP contribution in [0.25, 0.3) is 0 Å². The van der Waals surface area contributed by atoms with E-state index in [9.17, 15) is 4.79 Å². The zero-order chi connectivity index (χ0) is 11.3. The summed E-state index contributed by atoms with van der Waals surface area (Å²) in [5, 5.41) is 3.03. The van der Waals surface area contributed by atoms with Crippen LogP contribution in [0.1, 0.15) is 33.1 Å². The third-order valence-corrected chi connectivity index (χ3v) is 3.00. The molecule has 0 atom stereocenters. The molecule has 1 saturated heterocycles. The van der Waals surface area contributed by atoms with Crippen LogP contribution in [0.15, 0.2) is 0 Å². The molecule has 0 aromatic heterocycles. The molecule has 15 heavy (non-hydrogen) atoms. The highest BCUT2D eigenvalue weighted by Crippen LogP contribution is 2.12. The van der Waals surface area contributed by atoms with Gasteiger partial charge in [0.15, 0.2) is 0 Å². The van der Waals surface area contributed by atoms with Gasteiger partial charge in [-0.2, -0.15) is 0 Å². The third-order valence-electron chi connectivity index (χ3n) is 3.00. The topological polar surface area (TPSA) is 58.4 Å². The van der Waals surface area contributed by atoms with Gasteiger partial charge in [0.1, 0.15) is 0 Å². The molecule has 0 bridgehead atoms. The molecular formula is C11H23N3O. The van der Waals surface area contributed by atoms with Crippen molar-refractivity contribution < 1.29 is 4.79 Å². The molecule has 1 amide bonds. The van der Waals surface area contributed by atoms with Gasteiger partial charge in [0.2, 0.25) is 5.91 Å². The van der Waals surface area contributed by atoms with E-state index in [2.05, 4.69) is 24.1 Å². The van der Waals surface area contributed by atoms with Gasteiger partial charge in [-0.25, -0.2) is 0 Å². The molecule has 0 aromatic rings. The zero-order valence-corrected chi connectivity index (χ0v) is 9.83. The van der Waals surface area contributed by atoms with Crippen LogP contribution in [0, 0.1) is 0 Å². The van der Waals surface area contributed by atoms with E-state index in [0.717, 1.165) is 25.9 Å². The van der Waals surface area contributed by atoms with Crippen molar-refractivity contribution in [3.05, 3.63) is 0 Å². The van der Waals surface area contributed by atoms with Crippen molar-refractivity contribution >= 4 is 5.91 Å². The molecule has 0 aromatic carbocycles. The van der Waals surface area contributed by atoms with Crippen molar-refractivity contribution in [1.29, 1.82) is 0 Å². The van der Waals surface area contributed by atoms with Gasteiger partial charge in [-0.05, 0) is 26.7 Å². The van der Waals surface area contributed by atoms with Gasteiger partial charge in [0, 0.05) is 38.1 Å². The molecule has 1 aliphatic heterocycles. The third kappa shape index (κ3) is 4.18. The van der Waals surface area contributed by atoms with Crippen LogP contribution in [0.4, 0.5) is 0 Å². The van der Waals surface area contributed by atoms with Crippen LogP contribution < -0.4 is 11.1 Å². The van der Waals surface area contributed by atoms with E-state index < -0.39 is 0 Å². The Morgan fingerprint density at radius 2 is 2.07 bits per heavy atom. The molecule has 4 heteroatoms. The standard InChI is InChI=1S/C11H23N3O/c1-9(2)14-7-4-10(5-8-14)13-11(15)3-6-12/h9-10H,3-8,12H2,1-2H3,(H,13,15). The molecule has 1 rings (SSSR count). The SMILES string of the molecule is CC(C)N1CCC(NC(=O)CCN)CC1. The summed E-state index contributed by atoms with van der Waals surface area (Å²) in [5.41, 5.74) is 5.33. The van der Waals surface area contributed by atoms with E-state index in [0.29, 0.717) is 25.0 Å². The van der Waals surface area contributed by atoms with Crippen molar-refractivity contribution in [3.63, 3.8) is 0 Å². The number of carbonyl (C=O) groups excluding carboxylic acids is 1. The smallest absolute Gasteiger partial charge is 0.221 e. The Morgan fingerprint density at radius 1 is 1.47 bits per heavy atom. The highest BCUT2D eigenvalue weighted by atomic mass is 16.1. The minimum absolute atomic E-state index is 0.0977. The number of carbonyl (C=O) groups is 1. The highest BCUT2D eigenvalue weighted by Gasteiger charge is 2.21. The summed E-state index contributed by atoms with van der Waals surface area (Å²) in [6.45, 7) is 7.05. The number of hydrogen-bond acceptors (Lipinski definition) is 3. The predicted molar refractivity (Wildman–Crippen MR) is 61.5 cm³/mol. The maximum absolute atomic E-state index is 11.3. The first-order valence-corrected chi connectivity index (χ1v) is 5.87. The number of nitrogens with one attached hydrogen (secondary N) is 1. The lowest BCUT2D eigenvalue weighted by molar-refractivity contribution is -0.121. The number of likely N-dealkylation sites (tertiary alicyclic amines) is 1. The number of amides is 1. The van der Waals surface area contributed by atoms with Gasteiger partial charge in [0.25, 0.3) is 0 Å². The summed E-state index contributed by atoms with van der Waals surface area (Å²) in [6, 6.07) is 0.977. The molecule has 0 unspecified atom stereocenters. The molecule has 1 fully saturated rings. The average Bonchev–Trinajstić information content (AvgIpc) is 2.18. The normalized spacial score (nSPS) is 19.5. The minimum atomic E-state index is 0.0977. The summed E-state index contributed by atoms with van der Waals surface area (Å²) in [5.74, 6) is 0.0977. The molecule has 0 radical (unpaired) electrons. The number of nitrogens with two attached hydrogens (primary N) is 1. The summed E-state index contributed by atoms with van der Waals surface area (Å²) >= 11 is 0. The van der Waals surface area contributed by atoms with Crippen molar-refractivity contribution in [1.82, 2.24) is 10.2 Å². The molecule has 0 aliphatic carbocycles. The molecular weight excluding hydrogens is 190 g/mol. The Hall–Kier alpha value is -0.610. The molecule has 88 valence electrons. The summed E-state index contributed by atoms with van der Waals surface area (Å²) in [4.78, 5) is 13.8. The Labute approximate surface area is 92.2 Å². The van der Waals surface area contributed by atoms with E-state index >= 15 is 0 Å². The average molecular weight is 213 g/mol. The molecule has 1 aliphatic rings. The number of rotatable bonds is 4. The van der Waals surface area contributed by atoms with Gasteiger partial charge in [-0.1, -0.05) is 0 Å². The van der Waals surface area contributed by atoms with Crippen LogP contribution in [-0.4, -0.2) is 42.5 Å². The van der Waals surface area contributed by atoms with Crippen LogP contribution in [0.5, 0.6) is 0 Å². The fourth-order valence-corrected chi connectivity index (χ4v) is 1.99. The van der Waals surface area contributed by atoms with Gasteiger partial charge >= 0.3 is 0 Å². The monoisotopic (exact) mass is 213 g/mol. The minimum Gasteiger partial charge on any atom is -0.353 e. The second-order valence-corrected chi connectivity index (χ2v) is 4.51. The van der Waals surface area contributed by atoms with Crippen LogP contribution in [0.2, 0.25) is 0 Å². The number of piperidine rings is 1. The van der Waals surface area contributed by atoms with E-state index in [1.165, 1.54) is 0 Å². The Kier molecular flexibility index (Phi) is 5.05. The summed E-state index contributed by atoms with van der Waals surface area (Å²) < 4.78 is 0. The van der Waals surface area contributed by atoms with Gasteiger partial charge in [-0.3, -0.25) is 4.79 Å². The summed E-state index contributed by atoms with van der Waals surface area (Å²) in [6.07, 6.45) is 2.58. The van der Waals surface area contributed by atoms with Crippen LogP contribution >= 0.6 is 0 Å². The first kappa shape index (κ1) is 12.5. The van der Waals surface area contributed by atoms with Crippen molar-refractivity contribution in [2.45, 2.75) is 45.2 Å². The molecule has 3 N–H and O–H groups in total. The van der Waals surface area contributed by atoms with Crippen molar-refractivity contribution in [2.24, 2.45) is 5.73 Å². The summed E-state index contributed by atoms with van der Waals surface area (Å²) in [7, 11) is 0. The lowest BCUT2D eigenvalue weighted by Gasteiger charge is -2.34. The Bertz CT molecular complexity index is 198. The first-order chi connectivity index (χ1) is 7.13. The molecule has 0 spiro atoms. The molecule has 1 heterocycles. The zero-order valence-electron chi connectivity index (χ0n) is 9.83. The number of nitrogens with zero attached hydrogens (tertiary/aromatic N) is 1. The number of hydrogen-bond donors (Lipinski definition) is 2. The largest absolute Gasteiger partial charge is 0.353 e. The Morgan fingerprint density at radius 3 is 2.53 bits per heavy atom. The van der Waals surface area contributed by atoms with E-state index in [1.54, 1.807) is 0 Å². The lowest BCUT2D eigenvalue weighted by atomic mass is 10.0.